The Morgan fingerprint density at radius 3 is 2.81 bits per heavy atom. The third-order valence-corrected chi connectivity index (χ3v) is 2.81. The van der Waals surface area contributed by atoms with Crippen LogP contribution in [0.2, 0.25) is 0 Å². The van der Waals surface area contributed by atoms with Crippen molar-refractivity contribution in [2.75, 3.05) is 26.3 Å². The Bertz CT molecular complexity index is 285. The highest BCUT2D eigenvalue weighted by atomic mass is 16.5. The largest absolute Gasteiger partial charge is 0.380 e. The smallest absolute Gasteiger partial charge is 0.0591 e. The van der Waals surface area contributed by atoms with E-state index >= 15 is 0 Å². The third kappa shape index (κ3) is 4.73. The fourth-order valence-corrected chi connectivity index (χ4v) is 1.59. The number of rotatable bonds is 8. The summed E-state index contributed by atoms with van der Waals surface area (Å²) >= 11 is 0. The Morgan fingerprint density at radius 1 is 1.25 bits per heavy atom. The molecule has 1 aliphatic carbocycles. The minimum atomic E-state index is 0.840. The number of aromatic nitrogens is 1. The molecule has 0 bridgehead atoms. The molecule has 3 nitrogen and oxygen atoms in total. The first-order valence-corrected chi connectivity index (χ1v) is 6.12. The lowest BCUT2D eigenvalue weighted by Crippen LogP contribution is -2.22. The second-order valence-corrected chi connectivity index (χ2v) is 4.37. The predicted molar refractivity (Wildman–Crippen MR) is 64.4 cm³/mol. The van der Waals surface area contributed by atoms with Crippen LogP contribution in [0.5, 0.6) is 0 Å². The number of pyridine rings is 1. The fourth-order valence-electron chi connectivity index (χ4n) is 1.59. The van der Waals surface area contributed by atoms with Gasteiger partial charge < -0.3 is 10.1 Å². The first kappa shape index (κ1) is 11.6. The summed E-state index contributed by atoms with van der Waals surface area (Å²) in [4.78, 5) is 4.00. The zero-order valence-corrected chi connectivity index (χ0v) is 9.69. The van der Waals surface area contributed by atoms with E-state index in [9.17, 15) is 0 Å². The van der Waals surface area contributed by atoms with E-state index in [1.165, 1.54) is 18.4 Å². The van der Waals surface area contributed by atoms with Crippen molar-refractivity contribution in [3.8, 4) is 0 Å². The molecule has 2 rings (SSSR count). The van der Waals surface area contributed by atoms with Gasteiger partial charge >= 0.3 is 0 Å². The number of hydrogen-bond acceptors (Lipinski definition) is 3. The minimum absolute atomic E-state index is 0.840. The third-order valence-electron chi connectivity index (χ3n) is 2.81. The Balaban J connectivity index is 1.42. The summed E-state index contributed by atoms with van der Waals surface area (Å²) in [6.07, 6.45) is 7.48. The van der Waals surface area contributed by atoms with E-state index in [1.54, 1.807) is 0 Å². The zero-order valence-electron chi connectivity index (χ0n) is 9.69. The SMILES string of the molecule is c1cc(CCNCCOCC2CC2)ccn1. The van der Waals surface area contributed by atoms with Crippen LogP contribution >= 0.6 is 0 Å². The molecule has 16 heavy (non-hydrogen) atoms. The van der Waals surface area contributed by atoms with Crippen molar-refractivity contribution in [1.29, 1.82) is 0 Å². The molecule has 0 unspecified atom stereocenters. The highest BCUT2D eigenvalue weighted by molar-refractivity contribution is 5.09. The van der Waals surface area contributed by atoms with Crippen LogP contribution in [-0.4, -0.2) is 31.3 Å². The molecule has 0 spiro atoms. The van der Waals surface area contributed by atoms with E-state index in [4.69, 9.17) is 4.74 Å². The molecule has 1 fully saturated rings. The molecule has 0 radical (unpaired) electrons. The molecule has 0 atom stereocenters. The van der Waals surface area contributed by atoms with Gasteiger partial charge in [0.15, 0.2) is 0 Å². The lowest BCUT2D eigenvalue weighted by atomic mass is 10.2. The number of nitrogens with one attached hydrogen (secondary N) is 1. The highest BCUT2D eigenvalue weighted by Gasteiger charge is 2.20. The number of nitrogens with zero attached hydrogens (tertiary/aromatic N) is 1. The Kier molecular flexibility index (Phi) is 4.77. The van der Waals surface area contributed by atoms with E-state index in [1.807, 2.05) is 12.4 Å². The molecule has 0 amide bonds. The van der Waals surface area contributed by atoms with Gasteiger partial charge in [-0.15, -0.1) is 0 Å². The van der Waals surface area contributed by atoms with Crippen molar-refractivity contribution < 1.29 is 4.74 Å². The summed E-state index contributed by atoms with van der Waals surface area (Å²) in [5.41, 5.74) is 1.33. The Hall–Kier alpha value is -0.930. The maximum Gasteiger partial charge on any atom is 0.0591 e. The van der Waals surface area contributed by atoms with Gasteiger partial charge in [-0.05, 0) is 49.4 Å². The molecule has 88 valence electrons. The molecule has 1 aliphatic rings. The van der Waals surface area contributed by atoms with E-state index in [2.05, 4.69) is 22.4 Å². The lowest BCUT2D eigenvalue weighted by molar-refractivity contribution is 0.126. The standard InChI is InChI=1S/C13H20N2O/c1-2-13(1)11-16-10-9-15-8-5-12-3-6-14-7-4-12/h3-4,6-7,13,15H,1-2,5,8-11H2. The van der Waals surface area contributed by atoms with E-state index in [-0.39, 0.29) is 0 Å². The molecule has 0 aliphatic heterocycles. The lowest BCUT2D eigenvalue weighted by Gasteiger charge is -2.05. The molecule has 0 saturated heterocycles. The summed E-state index contributed by atoms with van der Waals surface area (Å²) in [5.74, 6) is 0.872. The van der Waals surface area contributed by atoms with Gasteiger partial charge in [0.05, 0.1) is 6.61 Å². The quantitative estimate of drug-likeness (QED) is 0.676. The van der Waals surface area contributed by atoms with Crippen molar-refractivity contribution in [1.82, 2.24) is 10.3 Å². The summed E-state index contributed by atoms with van der Waals surface area (Å²) in [5, 5.41) is 3.38. The first-order chi connectivity index (χ1) is 7.95. The van der Waals surface area contributed by atoms with Gasteiger partial charge in [-0.3, -0.25) is 4.98 Å². The summed E-state index contributed by atoms with van der Waals surface area (Å²) < 4.78 is 5.54. The van der Waals surface area contributed by atoms with Crippen LogP contribution in [0.1, 0.15) is 18.4 Å². The number of hydrogen-bond donors (Lipinski definition) is 1. The van der Waals surface area contributed by atoms with Crippen LogP contribution in [0, 0.1) is 5.92 Å². The second kappa shape index (κ2) is 6.61. The van der Waals surface area contributed by atoms with Gasteiger partial charge in [0.2, 0.25) is 0 Å². The first-order valence-electron chi connectivity index (χ1n) is 6.12. The maximum atomic E-state index is 5.54. The van der Waals surface area contributed by atoms with Crippen LogP contribution in [-0.2, 0) is 11.2 Å². The zero-order chi connectivity index (χ0) is 11.1. The molecule has 3 heteroatoms. The van der Waals surface area contributed by atoms with E-state index in [0.717, 1.165) is 38.6 Å². The van der Waals surface area contributed by atoms with Gasteiger partial charge in [0, 0.05) is 25.5 Å². The molecular formula is C13H20N2O. The van der Waals surface area contributed by atoms with E-state index in [0.29, 0.717) is 0 Å². The molecule has 1 saturated carbocycles. The van der Waals surface area contributed by atoms with Gasteiger partial charge in [-0.1, -0.05) is 0 Å². The second-order valence-electron chi connectivity index (χ2n) is 4.37. The molecule has 1 heterocycles. The van der Waals surface area contributed by atoms with Gasteiger partial charge in [0.1, 0.15) is 0 Å². The molecule has 0 aromatic carbocycles. The van der Waals surface area contributed by atoms with Crippen LogP contribution in [0.3, 0.4) is 0 Å². The van der Waals surface area contributed by atoms with Crippen molar-refractivity contribution in [3.05, 3.63) is 30.1 Å². The van der Waals surface area contributed by atoms with Gasteiger partial charge in [0.25, 0.3) is 0 Å². The van der Waals surface area contributed by atoms with Gasteiger partial charge in [-0.2, -0.15) is 0 Å². The van der Waals surface area contributed by atoms with Crippen LogP contribution in [0.4, 0.5) is 0 Å². The average Bonchev–Trinajstić information content (AvgIpc) is 3.13. The minimum Gasteiger partial charge on any atom is -0.380 e. The average molecular weight is 220 g/mol. The van der Waals surface area contributed by atoms with Crippen LogP contribution < -0.4 is 5.32 Å². The highest BCUT2D eigenvalue weighted by Crippen LogP contribution is 2.28. The monoisotopic (exact) mass is 220 g/mol. The van der Waals surface area contributed by atoms with Crippen LogP contribution in [0.15, 0.2) is 24.5 Å². The van der Waals surface area contributed by atoms with Crippen molar-refractivity contribution in [3.63, 3.8) is 0 Å². The van der Waals surface area contributed by atoms with E-state index < -0.39 is 0 Å². The summed E-state index contributed by atoms with van der Waals surface area (Å²) in [6.45, 7) is 3.77. The Labute approximate surface area is 97.2 Å². The summed E-state index contributed by atoms with van der Waals surface area (Å²) in [6, 6.07) is 4.12. The molecule has 1 aromatic rings. The molecule has 1 N–H and O–H groups in total. The molecule has 1 aromatic heterocycles. The fraction of sp³-hybridized carbons (Fsp3) is 0.615. The van der Waals surface area contributed by atoms with Crippen molar-refractivity contribution in [2.45, 2.75) is 19.3 Å². The van der Waals surface area contributed by atoms with Crippen molar-refractivity contribution >= 4 is 0 Å². The summed E-state index contributed by atoms with van der Waals surface area (Å²) in [7, 11) is 0. The normalized spacial score (nSPS) is 15.2. The predicted octanol–water partition coefficient (Wildman–Crippen LogP) is 1.64. The molecular weight excluding hydrogens is 200 g/mol. The van der Waals surface area contributed by atoms with Crippen LogP contribution in [0.25, 0.3) is 0 Å². The van der Waals surface area contributed by atoms with Crippen molar-refractivity contribution in [2.24, 2.45) is 5.92 Å². The Morgan fingerprint density at radius 2 is 2.06 bits per heavy atom. The number of ether oxygens (including phenoxy) is 1. The van der Waals surface area contributed by atoms with Gasteiger partial charge in [-0.25, -0.2) is 0 Å². The maximum absolute atomic E-state index is 5.54. The topological polar surface area (TPSA) is 34.1 Å².